The highest BCUT2D eigenvalue weighted by molar-refractivity contribution is 7.91. The fraction of sp³-hybridized carbons (Fsp3) is 0.435. The Kier molecular flexibility index (Phi) is 5.49. The second kappa shape index (κ2) is 7.95. The minimum atomic E-state index is -3.11. The Hall–Kier alpha value is -2.54. The van der Waals surface area contributed by atoms with Gasteiger partial charge in [0.1, 0.15) is 11.3 Å². The Morgan fingerprint density at radius 3 is 2.70 bits per heavy atom. The maximum Gasteiger partial charge on any atom is 0.227 e. The van der Waals surface area contributed by atoms with Crippen LogP contribution in [0.1, 0.15) is 48.6 Å². The maximum atomic E-state index is 13.3. The molecular formula is C23H27NO5S. The second-order valence-corrected chi connectivity index (χ2v) is 10.7. The van der Waals surface area contributed by atoms with E-state index in [1.807, 2.05) is 6.07 Å². The van der Waals surface area contributed by atoms with Crippen LogP contribution in [0.15, 0.2) is 45.6 Å². The molecule has 7 heteroatoms. The molecule has 1 aliphatic heterocycles. The van der Waals surface area contributed by atoms with E-state index in [0.717, 1.165) is 16.5 Å². The van der Waals surface area contributed by atoms with Crippen molar-refractivity contribution >= 4 is 26.7 Å². The number of carbonyl (C=O) groups is 1. The van der Waals surface area contributed by atoms with Crippen LogP contribution >= 0.6 is 0 Å². The maximum absolute atomic E-state index is 13.3. The molecule has 4 rings (SSSR count). The SMILES string of the molecule is Cc1cc2occ(CC(=O)N(Cc3ccco3)[C@H]3CCS(=O)(=O)C3)c2cc1C(C)C. The summed E-state index contributed by atoms with van der Waals surface area (Å²) < 4.78 is 35.2. The standard InChI is InChI=1S/C23H27NO5S/c1-15(2)20-11-21-17(13-29-22(21)9-16(20)3)10-23(25)24(12-19-5-4-7-28-19)18-6-8-30(26,27)14-18/h4-5,7,9,11,13,15,18H,6,8,10,12,14H2,1-3H3/t18-/m0/s1. The summed E-state index contributed by atoms with van der Waals surface area (Å²) in [6.45, 7) is 6.61. The van der Waals surface area contributed by atoms with Crippen molar-refractivity contribution in [3.05, 3.63) is 59.2 Å². The third-order valence-electron chi connectivity index (χ3n) is 5.88. The molecule has 1 aliphatic rings. The van der Waals surface area contributed by atoms with Crippen LogP contribution in [-0.2, 0) is 27.6 Å². The Morgan fingerprint density at radius 2 is 2.07 bits per heavy atom. The van der Waals surface area contributed by atoms with Crippen molar-refractivity contribution < 1.29 is 22.0 Å². The molecule has 30 heavy (non-hydrogen) atoms. The lowest BCUT2D eigenvalue weighted by Gasteiger charge is -2.27. The summed E-state index contributed by atoms with van der Waals surface area (Å²) in [6.07, 6.45) is 3.81. The molecule has 1 saturated heterocycles. The predicted molar refractivity (Wildman–Crippen MR) is 115 cm³/mol. The van der Waals surface area contributed by atoms with Crippen LogP contribution in [0.4, 0.5) is 0 Å². The highest BCUT2D eigenvalue weighted by atomic mass is 32.2. The molecule has 2 aromatic heterocycles. The molecular weight excluding hydrogens is 402 g/mol. The molecule has 0 aliphatic carbocycles. The van der Waals surface area contributed by atoms with E-state index in [2.05, 4.69) is 26.8 Å². The van der Waals surface area contributed by atoms with E-state index in [0.29, 0.717) is 18.1 Å². The minimum Gasteiger partial charge on any atom is -0.467 e. The van der Waals surface area contributed by atoms with Gasteiger partial charge >= 0.3 is 0 Å². The number of benzene rings is 1. The highest BCUT2D eigenvalue weighted by Gasteiger charge is 2.35. The molecule has 0 saturated carbocycles. The van der Waals surface area contributed by atoms with Crippen LogP contribution in [0.25, 0.3) is 11.0 Å². The number of amides is 1. The molecule has 160 valence electrons. The summed E-state index contributed by atoms with van der Waals surface area (Å²) in [4.78, 5) is 15.0. The lowest BCUT2D eigenvalue weighted by atomic mass is 9.95. The first-order valence-electron chi connectivity index (χ1n) is 10.3. The summed E-state index contributed by atoms with van der Waals surface area (Å²) in [7, 11) is -3.11. The first-order chi connectivity index (χ1) is 14.2. The second-order valence-electron chi connectivity index (χ2n) is 8.46. The Balaban J connectivity index is 1.63. The monoisotopic (exact) mass is 429 g/mol. The normalized spacial score (nSPS) is 18.3. The zero-order valence-electron chi connectivity index (χ0n) is 17.6. The first-order valence-corrected chi connectivity index (χ1v) is 12.1. The number of carbonyl (C=O) groups excluding carboxylic acids is 1. The van der Waals surface area contributed by atoms with Gasteiger partial charge in [-0.05, 0) is 54.7 Å². The fourth-order valence-corrected chi connectivity index (χ4v) is 6.01. The molecule has 3 aromatic rings. The number of sulfone groups is 1. The van der Waals surface area contributed by atoms with Gasteiger partial charge in [-0.2, -0.15) is 0 Å². The van der Waals surface area contributed by atoms with Crippen molar-refractivity contribution in [2.45, 2.75) is 52.1 Å². The molecule has 1 aromatic carbocycles. The third-order valence-corrected chi connectivity index (χ3v) is 7.63. The Labute approximate surface area is 176 Å². The van der Waals surface area contributed by atoms with Gasteiger partial charge in [-0.25, -0.2) is 8.42 Å². The van der Waals surface area contributed by atoms with E-state index in [9.17, 15) is 13.2 Å². The van der Waals surface area contributed by atoms with Crippen LogP contribution in [0, 0.1) is 6.92 Å². The largest absolute Gasteiger partial charge is 0.467 e. The van der Waals surface area contributed by atoms with Gasteiger partial charge < -0.3 is 13.7 Å². The first kappa shape index (κ1) is 20.7. The van der Waals surface area contributed by atoms with Crippen LogP contribution < -0.4 is 0 Å². The van der Waals surface area contributed by atoms with Gasteiger partial charge in [0.15, 0.2) is 9.84 Å². The third kappa shape index (κ3) is 4.17. The number of rotatable bonds is 6. The van der Waals surface area contributed by atoms with E-state index < -0.39 is 9.84 Å². The molecule has 0 bridgehead atoms. The highest BCUT2D eigenvalue weighted by Crippen LogP contribution is 2.30. The Bertz CT molecular complexity index is 1160. The lowest BCUT2D eigenvalue weighted by molar-refractivity contribution is -0.133. The minimum absolute atomic E-state index is 0.00226. The van der Waals surface area contributed by atoms with Crippen molar-refractivity contribution in [2.75, 3.05) is 11.5 Å². The molecule has 0 spiro atoms. The molecule has 1 atom stereocenters. The van der Waals surface area contributed by atoms with Gasteiger partial charge in [-0.15, -0.1) is 0 Å². The van der Waals surface area contributed by atoms with Crippen molar-refractivity contribution in [3.8, 4) is 0 Å². The molecule has 0 N–H and O–H groups in total. The van der Waals surface area contributed by atoms with E-state index >= 15 is 0 Å². The van der Waals surface area contributed by atoms with Crippen molar-refractivity contribution in [1.29, 1.82) is 0 Å². The van der Waals surface area contributed by atoms with Crippen LogP contribution in [-0.4, -0.2) is 36.8 Å². The topological polar surface area (TPSA) is 80.7 Å². The molecule has 0 radical (unpaired) electrons. The smallest absolute Gasteiger partial charge is 0.227 e. The number of furan rings is 2. The van der Waals surface area contributed by atoms with E-state index in [4.69, 9.17) is 8.83 Å². The van der Waals surface area contributed by atoms with E-state index in [1.54, 1.807) is 29.6 Å². The van der Waals surface area contributed by atoms with Crippen molar-refractivity contribution in [3.63, 3.8) is 0 Å². The fourth-order valence-electron chi connectivity index (χ4n) is 4.28. The van der Waals surface area contributed by atoms with Gasteiger partial charge in [0, 0.05) is 17.0 Å². The number of hydrogen-bond acceptors (Lipinski definition) is 5. The molecule has 1 amide bonds. The summed E-state index contributed by atoms with van der Waals surface area (Å²) in [5, 5.41) is 0.939. The van der Waals surface area contributed by atoms with Gasteiger partial charge in [-0.1, -0.05) is 13.8 Å². The van der Waals surface area contributed by atoms with E-state index in [1.165, 1.54) is 11.1 Å². The average molecular weight is 430 g/mol. The number of fused-ring (bicyclic) bond motifs is 1. The van der Waals surface area contributed by atoms with Crippen molar-refractivity contribution in [1.82, 2.24) is 4.90 Å². The van der Waals surface area contributed by atoms with Gasteiger partial charge in [-0.3, -0.25) is 4.79 Å². The predicted octanol–water partition coefficient (Wildman–Crippen LogP) is 4.22. The Morgan fingerprint density at radius 1 is 1.27 bits per heavy atom. The zero-order chi connectivity index (χ0) is 21.5. The molecule has 1 fully saturated rings. The van der Waals surface area contributed by atoms with Crippen LogP contribution in [0.2, 0.25) is 0 Å². The number of nitrogens with zero attached hydrogens (tertiary/aromatic N) is 1. The van der Waals surface area contributed by atoms with Crippen LogP contribution in [0.5, 0.6) is 0 Å². The molecule has 6 nitrogen and oxygen atoms in total. The van der Waals surface area contributed by atoms with E-state index in [-0.39, 0.29) is 36.4 Å². The summed E-state index contributed by atoms with van der Waals surface area (Å²) >= 11 is 0. The van der Waals surface area contributed by atoms with Gasteiger partial charge in [0.25, 0.3) is 0 Å². The van der Waals surface area contributed by atoms with Crippen molar-refractivity contribution in [2.24, 2.45) is 0 Å². The summed E-state index contributed by atoms with van der Waals surface area (Å²) in [5.74, 6) is 1.00. The lowest BCUT2D eigenvalue weighted by Crippen LogP contribution is -2.41. The summed E-state index contributed by atoms with van der Waals surface area (Å²) in [5.41, 5.74) is 3.98. The quantitative estimate of drug-likeness (QED) is 0.586. The molecule has 3 heterocycles. The average Bonchev–Trinajstić information content (AvgIpc) is 3.39. The molecule has 0 unspecified atom stereocenters. The van der Waals surface area contributed by atoms with Gasteiger partial charge in [0.05, 0.1) is 37.0 Å². The number of hydrogen-bond donors (Lipinski definition) is 0. The number of aryl methyl sites for hydroxylation is 1. The summed E-state index contributed by atoms with van der Waals surface area (Å²) in [6, 6.07) is 7.36. The zero-order valence-corrected chi connectivity index (χ0v) is 18.4. The van der Waals surface area contributed by atoms with Gasteiger partial charge in [0.2, 0.25) is 5.91 Å². The van der Waals surface area contributed by atoms with Crippen LogP contribution in [0.3, 0.4) is 0 Å².